The molecule has 32 heavy (non-hydrogen) atoms. The lowest BCUT2D eigenvalue weighted by atomic mass is 9.96. The third-order valence-electron chi connectivity index (χ3n) is 6.59. The number of aromatic nitrogens is 2. The second-order valence-electron chi connectivity index (χ2n) is 8.51. The average Bonchev–Trinajstić information content (AvgIpc) is 3.47. The van der Waals surface area contributed by atoms with Crippen LogP contribution in [0.25, 0.3) is 11.0 Å². The van der Waals surface area contributed by atoms with E-state index in [4.69, 9.17) is 0 Å². The molecule has 2 aromatic heterocycles. The molecule has 170 valence electrons. The predicted octanol–water partition coefficient (Wildman–Crippen LogP) is 2.66. The van der Waals surface area contributed by atoms with Gasteiger partial charge in [-0.1, -0.05) is 18.2 Å². The lowest BCUT2D eigenvalue weighted by Gasteiger charge is -2.37. The summed E-state index contributed by atoms with van der Waals surface area (Å²) in [4.78, 5) is 30.5. The van der Waals surface area contributed by atoms with Crippen LogP contribution in [0.5, 0.6) is 0 Å². The molecule has 2 aliphatic rings. The van der Waals surface area contributed by atoms with Crippen molar-refractivity contribution in [2.45, 2.75) is 35.9 Å². The van der Waals surface area contributed by atoms with E-state index in [2.05, 4.69) is 4.98 Å². The fourth-order valence-electron chi connectivity index (χ4n) is 4.94. The minimum absolute atomic E-state index is 0.0285. The molecule has 3 aromatic rings. The van der Waals surface area contributed by atoms with Crippen molar-refractivity contribution in [3.05, 3.63) is 52.3 Å². The van der Waals surface area contributed by atoms with Gasteiger partial charge in [0.05, 0.1) is 17.0 Å². The predicted molar refractivity (Wildman–Crippen MR) is 123 cm³/mol. The van der Waals surface area contributed by atoms with Crippen LogP contribution < -0.4 is 5.69 Å². The van der Waals surface area contributed by atoms with E-state index < -0.39 is 10.0 Å². The number of piperidine rings is 2. The van der Waals surface area contributed by atoms with Gasteiger partial charge in [-0.15, -0.1) is 11.3 Å². The van der Waals surface area contributed by atoms with Gasteiger partial charge in [0.2, 0.25) is 5.91 Å². The number of hydrogen-bond acceptors (Lipinski definition) is 5. The van der Waals surface area contributed by atoms with Crippen LogP contribution in [0, 0.1) is 5.92 Å². The fourth-order valence-corrected chi connectivity index (χ4v) is 7.61. The van der Waals surface area contributed by atoms with Gasteiger partial charge >= 0.3 is 5.69 Å². The molecule has 2 fully saturated rings. The van der Waals surface area contributed by atoms with E-state index in [9.17, 15) is 18.0 Å². The maximum absolute atomic E-state index is 13.2. The highest BCUT2D eigenvalue weighted by molar-refractivity contribution is 7.91. The van der Waals surface area contributed by atoms with Crippen LogP contribution in [0.1, 0.15) is 31.7 Å². The van der Waals surface area contributed by atoms with Crippen molar-refractivity contribution in [3.8, 4) is 0 Å². The highest BCUT2D eigenvalue weighted by atomic mass is 32.2. The topological polar surface area (TPSA) is 95.5 Å². The van der Waals surface area contributed by atoms with Gasteiger partial charge in [0.25, 0.3) is 10.0 Å². The SMILES string of the molecule is O=C([C@H]1CCCN(S(=O)(=O)c2cccs2)C1)N1CCC(n2c(=O)[nH]c3ccccc32)CC1. The van der Waals surface area contributed by atoms with Crippen LogP contribution in [-0.4, -0.2) is 59.3 Å². The standard InChI is InChI=1S/C22H26N4O4S2/c27-21(16-5-3-11-25(15-16)32(29,30)20-8-4-14-31-20)24-12-9-17(10-13-24)26-19-7-2-1-6-18(19)23-22(26)28/h1-2,4,6-8,14,16-17H,3,5,9-13,15H2,(H,23,28)/t16-/m0/s1. The number of fused-ring (bicyclic) bond motifs is 1. The van der Waals surface area contributed by atoms with Gasteiger partial charge in [0.15, 0.2) is 0 Å². The lowest BCUT2D eigenvalue weighted by Crippen LogP contribution is -2.48. The Balaban J connectivity index is 1.25. The first-order valence-electron chi connectivity index (χ1n) is 11.0. The Hall–Kier alpha value is -2.43. The molecule has 1 amide bonds. The number of benzene rings is 1. The molecule has 1 N–H and O–H groups in total. The van der Waals surface area contributed by atoms with Gasteiger partial charge < -0.3 is 9.88 Å². The van der Waals surface area contributed by atoms with Gasteiger partial charge in [-0.25, -0.2) is 13.2 Å². The Morgan fingerprint density at radius 1 is 1.03 bits per heavy atom. The first-order valence-corrected chi connectivity index (χ1v) is 13.3. The van der Waals surface area contributed by atoms with Crippen molar-refractivity contribution in [2.75, 3.05) is 26.2 Å². The molecule has 2 saturated heterocycles. The Morgan fingerprint density at radius 3 is 2.56 bits per heavy atom. The third-order valence-corrected chi connectivity index (χ3v) is 9.83. The summed E-state index contributed by atoms with van der Waals surface area (Å²) in [5, 5.41) is 1.75. The second kappa shape index (κ2) is 8.49. The van der Waals surface area contributed by atoms with Crippen LogP contribution in [-0.2, 0) is 14.8 Å². The molecule has 0 unspecified atom stereocenters. The molecule has 10 heteroatoms. The molecule has 0 aliphatic carbocycles. The van der Waals surface area contributed by atoms with Crippen molar-refractivity contribution in [1.82, 2.24) is 18.8 Å². The molecule has 2 aliphatic heterocycles. The lowest BCUT2D eigenvalue weighted by molar-refractivity contribution is -0.138. The minimum atomic E-state index is -3.54. The Morgan fingerprint density at radius 2 is 1.81 bits per heavy atom. The molecule has 0 bridgehead atoms. The summed E-state index contributed by atoms with van der Waals surface area (Å²) in [6.45, 7) is 1.84. The number of thiophene rings is 1. The van der Waals surface area contributed by atoms with Crippen LogP contribution in [0.3, 0.4) is 0 Å². The monoisotopic (exact) mass is 474 g/mol. The molecule has 4 heterocycles. The van der Waals surface area contributed by atoms with Gasteiger partial charge in [-0.3, -0.25) is 9.36 Å². The number of nitrogens with one attached hydrogen (secondary N) is 1. The first kappa shape index (κ1) is 21.4. The van der Waals surface area contributed by atoms with Crippen LogP contribution >= 0.6 is 11.3 Å². The minimum Gasteiger partial charge on any atom is -0.342 e. The van der Waals surface area contributed by atoms with Gasteiger partial charge in [0.1, 0.15) is 4.21 Å². The van der Waals surface area contributed by atoms with Gasteiger partial charge in [0, 0.05) is 32.2 Å². The van der Waals surface area contributed by atoms with Crippen LogP contribution in [0.4, 0.5) is 0 Å². The molecule has 0 spiro atoms. The summed E-state index contributed by atoms with van der Waals surface area (Å²) < 4.78 is 29.4. The maximum atomic E-state index is 13.2. The number of imidazole rings is 1. The van der Waals surface area contributed by atoms with E-state index >= 15 is 0 Å². The quantitative estimate of drug-likeness (QED) is 0.629. The summed E-state index contributed by atoms with van der Waals surface area (Å²) in [6.07, 6.45) is 2.80. The van der Waals surface area contributed by atoms with Crippen molar-refractivity contribution < 1.29 is 13.2 Å². The second-order valence-corrected chi connectivity index (χ2v) is 11.6. The molecule has 0 radical (unpaired) electrons. The molecule has 8 nitrogen and oxygen atoms in total. The zero-order valence-electron chi connectivity index (χ0n) is 17.6. The summed E-state index contributed by atoms with van der Waals surface area (Å²) in [7, 11) is -3.54. The number of para-hydroxylation sites is 2. The van der Waals surface area contributed by atoms with Crippen LogP contribution in [0.2, 0.25) is 0 Å². The Bertz CT molecular complexity index is 1270. The van der Waals surface area contributed by atoms with Gasteiger partial charge in [-0.2, -0.15) is 4.31 Å². The molecule has 1 atom stereocenters. The number of carbonyl (C=O) groups excluding carboxylic acids is 1. The normalized spacial score (nSPS) is 21.2. The highest BCUT2D eigenvalue weighted by Crippen LogP contribution is 2.30. The van der Waals surface area contributed by atoms with Gasteiger partial charge in [-0.05, 0) is 49.3 Å². The van der Waals surface area contributed by atoms with Crippen LogP contribution in [0.15, 0.2) is 50.8 Å². The van der Waals surface area contributed by atoms with Crippen molar-refractivity contribution in [3.63, 3.8) is 0 Å². The zero-order valence-corrected chi connectivity index (χ0v) is 19.3. The summed E-state index contributed by atoms with van der Waals surface area (Å²) >= 11 is 1.21. The maximum Gasteiger partial charge on any atom is 0.326 e. The average molecular weight is 475 g/mol. The number of hydrogen-bond donors (Lipinski definition) is 1. The molecule has 1 aromatic carbocycles. The fraction of sp³-hybridized carbons (Fsp3) is 0.455. The van der Waals surface area contributed by atoms with E-state index in [-0.39, 0.29) is 30.1 Å². The molecular formula is C22H26N4O4S2. The highest BCUT2D eigenvalue weighted by Gasteiger charge is 2.36. The van der Waals surface area contributed by atoms with E-state index in [1.54, 1.807) is 17.5 Å². The molecule has 0 saturated carbocycles. The number of nitrogens with zero attached hydrogens (tertiary/aromatic N) is 3. The largest absolute Gasteiger partial charge is 0.342 e. The van der Waals surface area contributed by atoms with E-state index in [0.717, 1.165) is 11.0 Å². The van der Waals surface area contributed by atoms with E-state index in [1.807, 2.05) is 33.7 Å². The Labute approximate surface area is 190 Å². The smallest absolute Gasteiger partial charge is 0.326 e. The van der Waals surface area contributed by atoms with E-state index in [0.29, 0.717) is 49.5 Å². The number of sulfonamides is 1. The number of carbonyl (C=O) groups is 1. The summed E-state index contributed by atoms with van der Waals surface area (Å²) in [6, 6.07) is 11.0. The number of rotatable bonds is 4. The number of aromatic amines is 1. The third kappa shape index (κ3) is 3.80. The van der Waals surface area contributed by atoms with E-state index in [1.165, 1.54) is 15.6 Å². The van der Waals surface area contributed by atoms with Crippen molar-refractivity contribution in [1.29, 1.82) is 0 Å². The zero-order chi connectivity index (χ0) is 22.3. The molecule has 5 rings (SSSR count). The van der Waals surface area contributed by atoms with Crippen molar-refractivity contribution >= 4 is 38.3 Å². The number of amides is 1. The first-order chi connectivity index (χ1) is 15.4. The van der Waals surface area contributed by atoms with Crippen molar-refractivity contribution in [2.24, 2.45) is 5.92 Å². The molecular weight excluding hydrogens is 448 g/mol. The number of H-pyrrole nitrogens is 1. The number of likely N-dealkylation sites (tertiary alicyclic amines) is 1. The summed E-state index contributed by atoms with van der Waals surface area (Å²) in [5.41, 5.74) is 1.60. The summed E-state index contributed by atoms with van der Waals surface area (Å²) in [5.74, 6) is -0.286. The Kier molecular flexibility index (Phi) is 5.68.